The van der Waals surface area contributed by atoms with E-state index in [1.54, 1.807) is 18.2 Å². The minimum atomic E-state index is -4.84. The number of halogens is 4. The second-order valence-electron chi connectivity index (χ2n) is 6.86. The maximum Gasteiger partial charge on any atom is 0.417 e. The minimum Gasteiger partial charge on any atom is -0.440 e. The summed E-state index contributed by atoms with van der Waals surface area (Å²) in [6.07, 6.45) is -3.73. The highest BCUT2D eigenvalue weighted by atomic mass is 35.5. The van der Waals surface area contributed by atoms with Crippen molar-refractivity contribution in [3.63, 3.8) is 0 Å². The van der Waals surface area contributed by atoms with E-state index in [2.05, 4.69) is 4.98 Å². The van der Waals surface area contributed by atoms with E-state index in [9.17, 15) is 21.6 Å². The van der Waals surface area contributed by atoms with Gasteiger partial charge in [-0.15, -0.1) is 0 Å². The molecule has 0 unspecified atom stereocenters. The number of oxazole rings is 1. The van der Waals surface area contributed by atoms with Crippen molar-refractivity contribution in [2.24, 2.45) is 0 Å². The number of nitrogens with zero attached hydrogens (tertiary/aromatic N) is 2. The molecule has 10 heteroatoms. The largest absolute Gasteiger partial charge is 0.440 e. The van der Waals surface area contributed by atoms with Crippen LogP contribution < -0.4 is 0 Å². The van der Waals surface area contributed by atoms with E-state index in [-0.39, 0.29) is 24.0 Å². The average molecular weight is 445 g/mol. The molecule has 1 saturated heterocycles. The molecule has 29 heavy (non-hydrogen) atoms. The molecule has 1 aliphatic heterocycles. The standard InChI is InChI=1S/C19H16ClF3N2O3S/c20-13-7-8-17(14(10-13)19(21,22)23)29(26,27)25-9-3-4-12(11-25)18-24-15-5-1-2-6-16(15)28-18/h1-2,5-8,10,12H,3-4,9,11H2/t12-/m1/s1. The van der Waals surface area contributed by atoms with Crippen LogP contribution in [0.15, 0.2) is 51.8 Å². The zero-order chi connectivity index (χ0) is 20.8. The van der Waals surface area contributed by atoms with Crippen LogP contribution in [0.5, 0.6) is 0 Å². The summed E-state index contributed by atoms with van der Waals surface area (Å²) in [6, 6.07) is 9.83. The Morgan fingerprint density at radius 3 is 2.66 bits per heavy atom. The first kappa shape index (κ1) is 20.2. The third-order valence-corrected chi connectivity index (χ3v) is 7.07. The number of alkyl halides is 3. The molecule has 5 nitrogen and oxygen atoms in total. The van der Waals surface area contributed by atoms with Gasteiger partial charge in [-0.3, -0.25) is 0 Å². The van der Waals surface area contributed by atoms with Gasteiger partial charge in [-0.05, 0) is 43.2 Å². The van der Waals surface area contributed by atoms with Crippen molar-refractivity contribution in [2.75, 3.05) is 13.1 Å². The molecule has 0 N–H and O–H groups in total. The number of para-hydroxylation sites is 2. The third-order valence-electron chi connectivity index (χ3n) is 4.91. The quantitative estimate of drug-likeness (QED) is 0.566. The summed E-state index contributed by atoms with van der Waals surface area (Å²) in [7, 11) is -4.38. The molecule has 1 aromatic heterocycles. The molecule has 0 radical (unpaired) electrons. The molecule has 3 aromatic rings. The molecule has 0 spiro atoms. The highest BCUT2D eigenvalue weighted by Gasteiger charge is 2.41. The molecule has 0 aliphatic carbocycles. The normalized spacial score (nSPS) is 19.0. The molecule has 1 atom stereocenters. The topological polar surface area (TPSA) is 63.4 Å². The van der Waals surface area contributed by atoms with Crippen molar-refractivity contribution in [3.05, 3.63) is 58.9 Å². The molecule has 1 fully saturated rings. The Kier molecular flexibility index (Phi) is 5.08. The third kappa shape index (κ3) is 3.86. The zero-order valence-electron chi connectivity index (χ0n) is 15.0. The van der Waals surface area contributed by atoms with Crippen molar-refractivity contribution < 1.29 is 26.0 Å². The highest BCUT2D eigenvalue weighted by Crippen LogP contribution is 2.38. The number of hydrogen-bond acceptors (Lipinski definition) is 4. The van der Waals surface area contributed by atoms with Crippen LogP contribution in [-0.2, 0) is 16.2 Å². The molecular weight excluding hydrogens is 429 g/mol. The molecule has 0 amide bonds. The Bertz CT molecular complexity index is 1130. The fourth-order valence-corrected chi connectivity index (χ4v) is 5.40. The van der Waals surface area contributed by atoms with E-state index in [1.165, 1.54) is 0 Å². The first-order chi connectivity index (χ1) is 13.7. The Morgan fingerprint density at radius 2 is 1.93 bits per heavy atom. The number of piperidine rings is 1. The SMILES string of the molecule is O=S(=O)(c1ccc(Cl)cc1C(F)(F)F)N1CCC[C@@H](c2nc3ccccc3o2)C1. The number of rotatable bonds is 3. The molecule has 0 bridgehead atoms. The van der Waals surface area contributed by atoms with Crippen molar-refractivity contribution in [3.8, 4) is 0 Å². The lowest BCUT2D eigenvalue weighted by Crippen LogP contribution is -2.39. The van der Waals surface area contributed by atoms with Gasteiger partial charge in [0.1, 0.15) is 5.52 Å². The van der Waals surface area contributed by atoms with Gasteiger partial charge in [0.05, 0.1) is 10.5 Å². The van der Waals surface area contributed by atoms with Gasteiger partial charge in [-0.2, -0.15) is 17.5 Å². The molecule has 1 aliphatic rings. The second kappa shape index (κ2) is 7.30. The first-order valence-corrected chi connectivity index (χ1v) is 10.7. The average Bonchev–Trinajstić information content (AvgIpc) is 3.11. The maximum atomic E-state index is 13.4. The smallest absolute Gasteiger partial charge is 0.417 e. The number of benzene rings is 2. The lowest BCUT2D eigenvalue weighted by Gasteiger charge is -2.31. The number of sulfonamides is 1. The second-order valence-corrected chi connectivity index (χ2v) is 9.20. The van der Waals surface area contributed by atoms with Gasteiger partial charge in [0.2, 0.25) is 10.0 Å². The van der Waals surface area contributed by atoms with Crippen molar-refractivity contribution in [2.45, 2.75) is 29.8 Å². The Hall–Kier alpha value is -2.10. The Labute approximate surface area is 170 Å². The van der Waals surface area contributed by atoms with Crippen LogP contribution in [0.1, 0.15) is 30.2 Å². The van der Waals surface area contributed by atoms with Crippen molar-refractivity contribution >= 4 is 32.7 Å². The van der Waals surface area contributed by atoms with Gasteiger partial charge >= 0.3 is 6.18 Å². The maximum absolute atomic E-state index is 13.4. The van der Waals surface area contributed by atoms with Gasteiger partial charge in [-0.25, -0.2) is 13.4 Å². The van der Waals surface area contributed by atoms with E-state index in [1.807, 2.05) is 6.07 Å². The lowest BCUT2D eigenvalue weighted by molar-refractivity contribution is -0.139. The minimum absolute atomic E-state index is 0.00488. The summed E-state index contributed by atoms with van der Waals surface area (Å²) in [4.78, 5) is 3.61. The summed E-state index contributed by atoms with van der Waals surface area (Å²) >= 11 is 5.67. The van der Waals surface area contributed by atoms with Crippen LogP contribution in [0.3, 0.4) is 0 Å². The molecule has 154 valence electrons. The molecule has 0 saturated carbocycles. The predicted molar refractivity (Wildman–Crippen MR) is 101 cm³/mol. The van der Waals surface area contributed by atoms with Crippen LogP contribution in [0.4, 0.5) is 13.2 Å². The summed E-state index contributed by atoms with van der Waals surface area (Å²) in [5, 5.41) is -0.181. The van der Waals surface area contributed by atoms with Crippen molar-refractivity contribution in [1.29, 1.82) is 0 Å². The summed E-state index contributed by atoms with van der Waals surface area (Å²) in [6.45, 7) is 0.119. The lowest BCUT2D eigenvalue weighted by atomic mass is 10.00. The van der Waals surface area contributed by atoms with Crippen LogP contribution in [-0.4, -0.2) is 30.8 Å². The van der Waals surface area contributed by atoms with E-state index < -0.39 is 26.7 Å². The Balaban J connectivity index is 1.67. The van der Waals surface area contributed by atoms with Crippen molar-refractivity contribution in [1.82, 2.24) is 9.29 Å². The van der Waals surface area contributed by atoms with Crippen LogP contribution in [0.25, 0.3) is 11.1 Å². The van der Waals surface area contributed by atoms with Crippen LogP contribution in [0, 0.1) is 0 Å². The van der Waals surface area contributed by atoms with Crippen LogP contribution in [0.2, 0.25) is 5.02 Å². The summed E-state index contributed by atoms with van der Waals surface area (Å²) < 4.78 is 73.2. The van der Waals surface area contributed by atoms with Gasteiger partial charge < -0.3 is 4.42 Å². The number of hydrogen-bond donors (Lipinski definition) is 0. The fraction of sp³-hybridized carbons (Fsp3) is 0.316. The van der Waals surface area contributed by atoms with E-state index >= 15 is 0 Å². The molecular formula is C19H16ClF3N2O3S. The van der Waals surface area contributed by atoms with Crippen LogP contribution >= 0.6 is 11.6 Å². The van der Waals surface area contributed by atoms with E-state index in [0.717, 1.165) is 16.4 Å². The Morgan fingerprint density at radius 1 is 1.17 bits per heavy atom. The van der Waals surface area contributed by atoms with Gasteiger partial charge in [0.25, 0.3) is 0 Å². The number of aromatic nitrogens is 1. The highest BCUT2D eigenvalue weighted by molar-refractivity contribution is 7.89. The number of fused-ring (bicyclic) bond motifs is 1. The first-order valence-electron chi connectivity index (χ1n) is 8.88. The zero-order valence-corrected chi connectivity index (χ0v) is 16.6. The van der Waals surface area contributed by atoms with Gasteiger partial charge in [0, 0.05) is 24.0 Å². The summed E-state index contributed by atoms with van der Waals surface area (Å²) in [5.74, 6) is 0.0470. The molecule has 2 aromatic carbocycles. The monoisotopic (exact) mass is 444 g/mol. The van der Waals surface area contributed by atoms with Gasteiger partial charge in [0.15, 0.2) is 11.5 Å². The van der Waals surface area contributed by atoms with E-state index in [0.29, 0.717) is 35.9 Å². The van der Waals surface area contributed by atoms with E-state index in [4.69, 9.17) is 16.0 Å². The predicted octanol–water partition coefficient (Wildman–Crippen LogP) is 5.07. The molecule has 4 rings (SSSR count). The summed E-state index contributed by atoms with van der Waals surface area (Å²) in [5.41, 5.74) is -0.0342. The van der Waals surface area contributed by atoms with Gasteiger partial charge in [-0.1, -0.05) is 23.7 Å². The fourth-order valence-electron chi connectivity index (χ4n) is 3.51. The molecule has 2 heterocycles.